The van der Waals surface area contributed by atoms with Gasteiger partial charge in [0.2, 0.25) is 10.0 Å². The molecule has 4 unspecified atom stereocenters. The van der Waals surface area contributed by atoms with E-state index in [1.54, 1.807) is 4.31 Å². The quantitative estimate of drug-likeness (QED) is 0.766. The van der Waals surface area contributed by atoms with Gasteiger partial charge in [-0.1, -0.05) is 34.6 Å². The van der Waals surface area contributed by atoms with Gasteiger partial charge in [0.05, 0.1) is 5.75 Å². The summed E-state index contributed by atoms with van der Waals surface area (Å²) < 4.78 is 28.7. The van der Waals surface area contributed by atoms with Gasteiger partial charge in [0.1, 0.15) is 5.78 Å². The summed E-state index contributed by atoms with van der Waals surface area (Å²) in [6.07, 6.45) is 5.33. The molecule has 4 fully saturated rings. The van der Waals surface area contributed by atoms with Crippen LogP contribution in [0.1, 0.15) is 73.1 Å². The second-order valence-electron chi connectivity index (χ2n) is 11.2. The van der Waals surface area contributed by atoms with Crippen LogP contribution >= 0.6 is 0 Å². The first kappa shape index (κ1) is 18.0. The number of Topliss-reactive ketones (excluding diaryl/α,β-unsaturated/α-hetero) is 1. The Morgan fingerprint density at radius 2 is 1.80 bits per heavy atom. The molecule has 1 saturated heterocycles. The highest BCUT2D eigenvalue weighted by atomic mass is 32.2. The number of ketones is 1. The summed E-state index contributed by atoms with van der Waals surface area (Å²) >= 11 is 0. The number of carbonyl (C=O) groups is 1. The summed E-state index contributed by atoms with van der Waals surface area (Å²) in [5.74, 6) is 0.602. The third-order valence-electron chi connectivity index (χ3n) is 8.29. The highest BCUT2D eigenvalue weighted by Crippen LogP contribution is 2.64. The van der Waals surface area contributed by atoms with Crippen LogP contribution < -0.4 is 0 Å². The molecule has 4 nitrogen and oxygen atoms in total. The highest BCUT2D eigenvalue weighted by molar-refractivity contribution is 7.89. The largest absolute Gasteiger partial charge is 0.299 e. The fourth-order valence-electron chi connectivity index (χ4n) is 7.24. The Morgan fingerprint density at radius 1 is 1.12 bits per heavy atom. The van der Waals surface area contributed by atoms with Crippen LogP contribution in [0.3, 0.4) is 0 Å². The van der Waals surface area contributed by atoms with Crippen molar-refractivity contribution in [2.45, 2.75) is 79.2 Å². The maximum atomic E-state index is 13.5. The molecular weight excluding hydrogens is 334 g/mol. The summed E-state index contributed by atoms with van der Waals surface area (Å²) in [4.78, 5) is 12.8. The third-order valence-corrected chi connectivity index (χ3v) is 10.3. The molecule has 0 N–H and O–H groups in total. The van der Waals surface area contributed by atoms with Gasteiger partial charge in [0.25, 0.3) is 0 Å². The molecule has 4 atom stereocenters. The van der Waals surface area contributed by atoms with Crippen molar-refractivity contribution in [1.29, 1.82) is 0 Å². The molecule has 3 aliphatic carbocycles. The molecule has 4 rings (SSSR count). The van der Waals surface area contributed by atoms with Crippen molar-refractivity contribution in [2.75, 3.05) is 12.3 Å². The first-order valence-corrected chi connectivity index (χ1v) is 11.4. The summed E-state index contributed by atoms with van der Waals surface area (Å²) in [5, 5.41) is 0. The average molecular weight is 368 g/mol. The van der Waals surface area contributed by atoms with Crippen molar-refractivity contribution in [3.8, 4) is 0 Å². The molecule has 0 radical (unpaired) electrons. The molecule has 0 spiro atoms. The van der Waals surface area contributed by atoms with Gasteiger partial charge in [-0.05, 0) is 54.3 Å². The molecule has 4 bridgehead atoms. The predicted octanol–water partition coefficient (Wildman–Crippen LogP) is 3.61. The number of hydrogen-bond acceptors (Lipinski definition) is 3. The van der Waals surface area contributed by atoms with Gasteiger partial charge >= 0.3 is 0 Å². The van der Waals surface area contributed by atoms with Gasteiger partial charge in [-0.3, -0.25) is 4.79 Å². The Bertz CT molecular complexity index is 725. The standard InChI is InChI=1S/C20H33NO3S/c1-17(2)9-15-10-19(5,11-17)12-21(15)25(23,24)13-20-7-6-14(8-16(20)22)18(20,3)4/h14-15H,6-13H2,1-5H3. The molecule has 0 aromatic heterocycles. The van der Waals surface area contributed by atoms with Crippen LogP contribution in [-0.4, -0.2) is 36.8 Å². The zero-order valence-electron chi connectivity index (χ0n) is 16.4. The number of nitrogens with zero attached hydrogens (tertiary/aromatic N) is 1. The topological polar surface area (TPSA) is 54.5 Å². The maximum Gasteiger partial charge on any atom is 0.215 e. The van der Waals surface area contributed by atoms with Gasteiger partial charge in [-0.15, -0.1) is 0 Å². The third kappa shape index (κ3) is 2.40. The fraction of sp³-hybridized carbons (Fsp3) is 0.950. The number of carbonyl (C=O) groups excluding carboxylic acids is 1. The Morgan fingerprint density at radius 3 is 2.36 bits per heavy atom. The molecule has 3 saturated carbocycles. The number of sulfonamides is 1. The maximum absolute atomic E-state index is 13.5. The zero-order chi connectivity index (χ0) is 18.5. The summed E-state index contributed by atoms with van der Waals surface area (Å²) in [6.45, 7) is 11.6. The lowest BCUT2D eigenvalue weighted by atomic mass is 9.65. The Balaban J connectivity index is 1.65. The number of hydrogen-bond donors (Lipinski definition) is 0. The lowest BCUT2D eigenvalue weighted by Crippen LogP contribution is -2.48. The lowest BCUT2D eigenvalue weighted by Gasteiger charge is -2.40. The predicted molar refractivity (Wildman–Crippen MR) is 98.6 cm³/mol. The number of fused-ring (bicyclic) bond motifs is 4. The van der Waals surface area contributed by atoms with E-state index in [1.165, 1.54) is 0 Å². The lowest BCUT2D eigenvalue weighted by molar-refractivity contribution is -0.128. The van der Waals surface area contributed by atoms with Crippen LogP contribution in [0.2, 0.25) is 0 Å². The second kappa shape index (κ2) is 4.89. The van der Waals surface area contributed by atoms with Crippen molar-refractivity contribution in [3.05, 3.63) is 0 Å². The molecule has 4 aliphatic rings. The Kier molecular flexibility index (Phi) is 3.51. The van der Waals surface area contributed by atoms with Gasteiger partial charge in [-0.25, -0.2) is 8.42 Å². The van der Waals surface area contributed by atoms with E-state index in [0.717, 1.165) is 32.1 Å². The van der Waals surface area contributed by atoms with Crippen LogP contribution in [-0.2, 0) is 14.8 Å². The number of rotatable bonds is 3. The second-order valence-corrected chi connectivity index (χ2v) is 13.1. The van der Waals surface area contributed by atoms with Crippen LogP contribution in [0, 0.1) is 27.6 Å². The van der Waals surface area contributed by atoms with E-state index in [4.69, 9.17) is 0 Å². The van der Waals surface area contributed by atoms with Crippen molar-refractivity contribution in [2.24, 2.45) is 27.6 Å². The minimum absolute atomic E-state index is 0.0370. The highest BCUT2D eigenvalue weighted by Gasteiger charge is 2.66. The van der Waals surface area contributed by atoms with E-state index in [-0.39, 0.29) is 33.8 Å². The molecule has 0 aromatic rings. The zero-order valence-corrected chi connectivity index (χ0v) is 17.2. The summed E-state index contributed by atoms with van der Waals surface area (Å²) in [7, 11) is -3.42. The van der Waals surface area contributed by atoms with E-state index in [0.29, 0.717) is 18.9 Å². The first-order chi connectivity index (χ1) is 11.3. The molecule has 5 heteroatoms. The molecular formula is C20H33NO3S. The van der Waals surface area contributed by atoms with E-state index >= 15 is 0 Å². The van der Waals surface area contributed by atoms with Crippen molar-refractivity contribution in [3.63, 3.8) is 0 Å². The minimum Gasteiger partial charge on any atom is -0.299 e. The van der Waals surface area contributed by atoms with Crippen molar-refractivity contribution < 1.29 is 13.2 Å². The molecule has 0 aromatic carbocycles. The van der Waals surface area contributed by atoms with Crippen LogP contribution in [0.15, 0.2) is 0 Å². The van der Waals surface area contributed by atoms with E-state index in [1.807, 2.05) is 0 Å². The fourth-order valence-corrected chi connectivity index (χ4v) is 9.81. The first-order valence-electron chi connectivity index (χ1n) is 9.83. The van der Waals surface area contributed by atoms with Crippen LogP contribution in [0.4, 0.5) is 0 Å². The Hall–Kier alpha value is -0.420. The Labute approximate surface area is 152 Å². The van der Waals surface area contributed by atoms with Gasteiger partial charge in [-0.2, -0.15) is 4.31 Å². The van der Waals surface area contributed by atoms with Gasteiger partial charge in [0, 0.05) is 24.4 Å². The summed E-state index contributed by atoms with van der Waals surface area (Å²) in [6, 6.07) is 0.118. The molecule has 1 heterocycles. The van der Waals surface area contributed by atoms with Crippen LogP contribution in [0.5, 0.6) is 0 Å². The average Bonchev–Trinajstić information content (AvgIpc) is 2.89. The smallest absolute Gasteiger partial charge is 0.215 e. The van der Waals surface area contributed by atoms with Gasteiger partial charge in [0.15, 0.2) is 0 Å². The van der Waals surface area contributed by atoms with E-state index < -0.39 is 15.4 Å². The SMILES string of the molecule is CC1(C)CC2CC(C)(CN2S(=O)(=O)CC23CCC(CC2=O)C3(C)C)C1. The normalized spacial score (nSPS) is 45.2. The monoisotopic (exact) mass is 367 g/mol. The molecule has 25 heavy (non-hydrogen) atoms. The molecule has 1 aliphatic heterocycles. The minimum atomic E-state index is -3.42. The van der Waals surface area contributed by atoms with Crippen LogP contribution in [0.25, 0.3) is 0 Å². The van der Waals surface area contributed by atoms with Crippen molar-refractivity contribution in [1.82, 2.24) is 4.31 Å². The van der Waals surface area contributed by atoms with E-state index in [2.05, 4.69) is 34.6 Å². The van der Waals surface area contributed by atoms with Gasteiger partial charge < -0.3 is 0 Å². The molecule has 0 amide bonds. The molecule has 142 valence electrons. The summed E-state index contributed by atoms with van der Waals surface area (Å²) in [5.41, 5.74) is -0.551. The van der Waals surface area contributed by atoms with Crippen molar-refractivity contribution >= 4 is 15.8 Å². The van der Waals surface area contributed by atoms with E-state index in [9.17, 15) is 13.2 Å².